The van der Waals surface area contributed by atoms with Crippen LogP contribution in [-0.2, 0) is 0 Å². The summed E-state index contributed by atoms with van der Waals surface area (Å²) in [7, 11) is -2.49. The van der Waals surface area contributed by atoms with E-state index in [9.17, 15) is 23.4 Å². The Kier molecular flexibility index (Phi) is 5.54. The van der Waals surface area contributed by atoms with Crippen molar-refractivity contribution in [1.82, 2.24) is 0 Å². The van der Waals surface area contributed by atoms with Crippen molar-refractivity contribution >= 4 is 22.4 Å². The van der Waals surface area contributed by atoms with E-state index < -0.39 is 22.5 Å². The molecule has 1 aliphatic rings. The zero-order valence-corrected chi connectivity index (χ0v) is 14.2. The van der Waals surface area contributed by atoms with Crippen LogP contribution >= 0.6 is 10.6 Å². The smallest absolute Gasteiger partial charge is 0.411 e. The normalized spacial score (nSPS) is 19.6. The highest BCUT2D eigenvalue weighted by molar-refractivity contribution is 8.24. The summed E-state index contributed by atoms with van der Waals surface area (Å²) < 4.78 is 33.7. The molecule has 0 saturated carbocycles. The zero-order valence-electron chi connectivity index (χ0n) is 13.4. The van der Waals surface area contributed by atoms with Crippen molar-refractivity contribution in [2.75, 3.05) is 23.0 Å². The van der Waals surface area contributed by atoms with Gasteiger partial charge in [-0.1, -0.05) is 19.9 Å². The predicted octanol–water partition coefficient (Wildman–Crippen LogP) is 4.59. The Morgan fingerprint density at radius 1 is 1.35 bits per heavy atom. The van der Waals surface area contributed by atoms with Gasteiger partial charge in [0.05, 0.1) is 0 Å². The minimum Gasteiger partial charge on any atom is -0.465 e. The van der Waals surface area contributed by atoms with Crippen LogP contribution in [0, 0.1) is 11.7 Å². The van der Waals surface area contributed by atoms with Crippen molar-refractivity contribution in [3.05, 3.63) is 29.6 Å². The van der Waals surface area contributed by atoms with Crippen molar-refractivity contribution in [3.8, 4) is 0 Å². The summed E-state index contributed by atoms with van der Waals surface area (Å²) in [6.07, 6.45) is -0.0297. The van der Waals surface area contributed by atoms with Gasteiger partial charge in [0.15, 0.2) is 0 Å². The maximum atomic E-state index is 14.5. The monoisotopic (exact) mass is 345 g/mol. The van der Waals surface area contributed by atoms with Gasteiger partial charge in [-0.25, -0.2) is 9.18 Å². The first kappa shape index (κ1) is 18.0. The molecule has 1 fully saturated rings. The molecule has 0 radical (unpaired) electrons. The van der Waals surface area contributed by atoms with Crippen LogP contribution in [0.5, 0.6) is 0 Å². The average molecular weight is 345 g/mol. The Labute approximate surface area is 137 Å². The van der Waals surface area contributed by atoms with Gasteiger partial charge in [-0.05, 0) is 42.4 Å². The van der Waals surface area contributed by atoms with E-state index >= 15 is 0 Å². The number of amides is 1. The summed E-state index contributed by atoms with van der Waals surface area (Å²) in [6, 6.07) is 4.52. The number of hydrogen-bond acceptors (Lipinski definition) is 3. The van der Waals surface area contributed by atoms with Gasteiger partial charge in [-0.3, -0.25) is 14.0 Å². The maximum absolute atomic E-state index is 14.5. The number of rotatable bonds is 4. The molecular weight excluding hydrogens is 321 g/mol. The fourth-order valence-corrected chi connectivity index (χ4v) is 4.42. The molecule has 7 heteroatoms. The number of halogens is 1. The number of benzene rings is 1. The number of carboxylic acid groups (broad SMARTS) is 1. The average Bonchev–Trinajstić information content (AvgIpc) is 2.45. The van der Waals surface area contributed by atoms with Gasteiger partial charge >= 0.3 is 6.09 Å². The SMILES string of the molecule is CC(C)CN(C(=O)O)c1ccc(C2CCS(O)(O)CC2)c(F)c1. The van der Waals surface area contributed by atoms with Gasteiger partial charge in [0.1, 0.15) is 5.82 Å². The Balaban J connectivity index is 2.19. The van der Waals surface area contributed by atoms with E-state index in [4.69, 9.17) is 0 Å². The zero-order chi connectivity index (χ0) is 17.2. The second kappa shape index (κ2) is 7.07. The van der Waals surface area contributed by atoms with Crippen LogP contribution < -0.4 is 4.90 Å². The number of nitrogens with zero attached hydrogens (tertiary/aromatic N) is 1. The molecule has 1 aromatic rings. The van der Waals surface area contributed by atoms with E-state index in [1.165, 1.54) is 6.07 Å². The molecule has 0 aliphatic carbocycles. The lowest BCUT2D eigenvalue weighted by Gasteiger charge is -2.39. The first-order chi connectivity index (χ1) is 10.7. The fourth-order valence-electron chi connectivity index (χ4n) is 2.89. The number of anilines is 1. The van der Waals surface area contributed by atoms with Crippen LogP contribution in [0.3, 0.4) is 0 Å². The molecule has 1 amide bonds. The van der Waals surface area contributed by atoms with Crippen LogP contribution in [0.4, 0.5) is 14.9 Å². The molecule has 1 aliphatic heterocycles. The van der Waals surface area contributed by atoms with E-state index in [1.54, 1.807) is 12.1 Å². The van der Waals surface area contributed by atoms with Gasteiger partial charge in [0, 0.05) is 23.7 Å². The molecule has 2 rings (SSSR count). The molecule has 23 heavy (non-hydrogen) atoms. The summed E-state index contributed by atoms with van der Waals surface area (Å²) in [6.45, 7) is 4.11. The van der Waals surface area contributed by atoms with Gasteiger partial charge < -0.3 is 5.11 Å². The summed E-state index contributed by atoms with van der Waals surface area (Å²) in [5, 5.41) is 9.29. The van der Waals surface area contributed by atoms with Gasteiger partial charge in [-0.2, -0.15) is 10.6 Å². The largest absolute Gasteiger partial charge is 0.465 e. The van der Waals surface area contributed by atoms with E-state index in [2.05, 4.69) is 0 Å². The van der Waals surface area contributed by atoms with Gasteiger partial charge in [0.2, 0.25) is 0 Å². The number of carbonyl (C=O) groups is 1. The summed E-state index contributed by atoms with van der Waals surface area (Å²) >= 11 is 0. The van der Waals surface area contributed by atoms with Crippen molar-refractivity contribution in [1.29, 1.82) is 0 Å². The third-order valence-corrected chi connectivity index (χ3v) is 5.88. The van der Waals surface area contributed by atoms with Crippen LogP contribution in [0.25, 0.3) is 0 Å². The topological polar surface area (TPSA) is 81.0 Å². The lowest BCUT2D eigenvalue weighted by molar-refractivity contribution is 0.201. The molecular formula is C16H24FNO4S. The predicted molar refractivity (Wildman–Crippen MR) is 91.2 cm³/mol. The quantitative estimate of drug-likeness (QED) is 0.745. The Bertz CT molecular complexity index is 569. The molecule has 130 valence electrons. The highest BCUT2D eigenvalue weighted by atomic mass is 32.3. The van der Waals surface area contributed by atoms with E-state index in [1.807, 2.05) is 13.8 Å². The molecule has 0 bridgehead atoms. The van der Waals surface area contributed by atoms with Crippen LogP contribution in [0.15, 0.2) is 18.2 Å². The van der Waals surface area contributed by atoms with Crippen LogP contribution in [0.2, 0.25) is 0 Å². The van der Waals surface area contributed by atoms with Crippen molar-refractivity contribution in [2.24, 2.45) is 5.92 Å². The van der Waals surface area contributed by atoms with E-state index in [0.29, 0.717) is 42.1 Å². The molecule has 0 unspecified atom stereocenters. The highest BCUT2D eigenvalue weighted by Gasteiger charge is 2.27. The van der Waals surface area contributed by atoms with Gasteiger partial charge in [0.25, 0.3) is 0 Å². The van der Waals surface area contributed by atoms with Crippen molar-refractivity contribution in [3.63, 3.8) is 0 Å². The molecule has 3 N–H and O–H groups in total. The Morgan fingerprint density at radius 2 is 1.96 bits per heavy atom. The van der Waals surface area contributed by atoms with E-state index in [-0.39, 0.29) is 11.8 Å². The third-order valence-electron chi connectivity index (χ3n) is 4.10. The molecule has 5 nitrogen and oxygen atoms in total. The van der Waals surface area contributed by atoms with Gasteiger partial charge in [-0.15, -0.1) is 0 Å². The summed E-state index contributed by atoms with van der Waals surface area (Å²) in [5.74, 6) is 0.256. The number of hydrogen-bond donors (Lipinski definition) is 3. The molecule has 1 aromatic carbocycles. The Hall–Kier alpha value is -1.31. The first-order valence-electron chi connectivity index (χ1n) is 7.73. The highest BCUT2D eigenvalue weighted by Crippen LogP contribution is 2.48. The van der Waals surface area contributed by atoms with E-state index in [0.717, 1.165) is 4.90 Å². The fraction of sp³-hybridized carbons (Fsp3) is 0.562. The minimum atomic E-state index is -2.49. The van der Waals surface area contributed by atoms with Crippen LogP contribution in [-0.4, -0.2) is 38.4 Å². The Morgan fingerprint density at radius 3 is 2.43 bits per heavy atom. The standard InChI is InChI=1S/C16H24FNO4S/c1-11(2)10-18(16(19)20)13-3-4-14(15(17)9-13)12-5-7-23(21,22)8-6-12/h3-4,9,11-12,21-22H,5-8,10H2,1-2H3,(H,19,20). The summed E-state index contributed by atoms with van der Waals surface area (Å²) in [5.41, 5.74) is 0.853. The van der Waals surface area contributed by atoms with Crippen molar-refractivity contribution in [2.45, 2.75) is 32.6 Å². The van der Waals surface area contributed by atoms with Crippen molar-refractivity contribution < 1.29 is 23.4 Å². The molecule has 0 spiro atoms. The first-order valence-corrected chi connectivity index (χ1v) is 9.61. The summed E-state index contributed by atoms with van der Waals surface area (Å²) in [4.78, 5) is 12.5. The lowest BCUT2D eigenvalue weighted by Crippen LogP contribution is -2.32. The molecule has 1 saturated heterocycles. The second-order valence-electron chi connectivity index (χ2n) is 6.48. The third kappa shape index (κ3) is 4.59. The molecule has 0 aromatic heterocycles. The minimum absolute atomic E-state index is 0.0487. The lowest BCUT2D eigenvalue weighted by atomic mass is 9.93. The maximum Gasteiger partial charge on any atom is 0.411 e. The van der Waals surface area contributed by atoms with Crippen LogP contribution in [0.1, 0.15) is 38.2 Å². The second-order valence-corrected chi connectivity index (χ2v) is 8.90. The molecule has 0 atom stereocenters. The molecule has 1 heterocycles.